The van der Waals surface area contributed by atoms with Gasteiger partial charge in [0.1, 0.15) is 0 Å². The van der Waals surface area contributed by atoms with Gasteiger partial charge in [-0.3, -0.25) is 0 Å². The molecule has 3 aromatic rings. The molecule has 0 aliphatic rings. The normalized spacial score (nSPS) is 10.8. The molecule has 0 bridgehead atoms. The van der Waals surface area contributed by atoms with Crippen LogP contribution >= 0.6 is 11.3 Å². The predicted octanol–water partition coefficient (Wildman–Crippen LogP) is 3.34. The molecule has 5 heteroatoms. The van der Waals surface area contributed by atoms with E-state index in [1.54, 1.807) is 11.3 Å². The number of rotatable bonds is 3. The maximum Gasteiger partial charge on any atom is 0.226 e. The molecule has 0 saturated carbocycles. The van der Waals surface area contributed by atoms with Gasteiger partial charge >= 0.3 is 0 Å². The van der Waals surface area contributed by atoms with Crippen molar-refractivity contribution < 1.29 is 4.74 Å². The van der Waals surface area contributed by atoms with Gasteiger partial charge in [-0.2, -0.15) is 16.3 Å². The highest BCUT2D eigenvalue weighted by Gasteiger charge is 2.09. The average molecular weight is 271 g/mol. The van der Waals surface area contributed by atoms with Crippen molar-refractivity contribution in [2.75, 3.05) is 12.3 Å². The summed E-state index contributed by atoms with van der Waals surface area (Å²) >= 11 is 1.67. The van der Waals surface area contributed by atoms with Gasteiger partial charge in [0.25, 0.3) is 0 Å². The first-order chi connectivity index (χ1) is 9.28. The van der Waals surface area contributed by atoms with Gasteiger partial charge in [-0.05, 0) is 47.0 Å². The zero-order valence-corrected chi connectivity index (χ0v) is 11.3. The number of anilines is 1. The second kappa shape index (κ2) is 4.85. The summed E-state index contributed by atoms with van der Waals surface area (Å²) in [6, 6.07) is 8.11. The fraction of sp³-hybridized carbons (Fsp3) is 0.143. The van der Waals surface area contributed by atoms with Crippen molar-refractivity contribution in [1.82, 2.24) is 9.97 Å². The third-order valence-corrected chi connectivity index (χ3v) is 3.50. The number of aromatic nitrogens is 2. The number of thiophene rings is 1. The summed E-state index contributed by atoms with van der Waals surface area (Å²) < 4.78 is 5.54. The van der Waals surface area contributed by atoms with Crippen molar-refractivity contribution in [3.63, 3.8) is 0 Å². The summed E-state index contributed by atoms with van der Waals surface area (Å²) in [6.45, 7) is 2.47. The van der Waals surface area contributed by atoms with Gasteiger partial charge in [-0.1, -0.05) is 6.07 Å². The number of nitrogens with two attached hydrogens (primary N) is 1. The molecule has 0 radical (unpaired) electrons. The molecule has 2 N–H and O–H groups in total. The Hall–Kier alpha value is -2.14. The van der Waals surface area contributed by atoms with Gasteiger partial charge in [0.2, 0.25) is 11.8 Å². The van der Waals surface area contributed by atoms with Crippen LogP contribution in [0.2, 0.25) is 0 Å². The highest BCUT2D eigenvalue weighted by molar-refractivity contribution is 7.08. The number of hydrogen-bond acceptors (Lipinski definition) is 5. The van der Waals surface area contributed by atoms with Crippen molar-refractivity contribution in [2.24, 2.45) is 0 Å². The fourth-order valence-corrected chi connectivity index (χ4v) is 2.64. The van der Waals surface area contributed by atoms with Crippen LogP contribution < -0.4 is 10.5 Å². The molecule has 2 aromatic heterocycles. The van der Waals surface area contributed by atoms with E-state index in [9.17, 15) is 0 Å². The average Bonchev–Trinajstić information content (AvgIpc) is 2.92. The van der Waals surface area contributed by atoms with Crippen molar-refractivity contribution in [2.45, 2.75) is 6.92 Å². The Morgan fingerprint density at radius 2 is 2.11 bits per heavy atom. The van der Waals surface area contributed by atoms with E-state index in [0.29, 0.717) is 12.5 Å². The van der Waals surface area contributed by atoms with E-state index in [1.807, 2.05) is 25.1 Å². The molecule has 19 heavy (non-hydrogen) atoms. The molecule has 2 heterocycles. The molecule has 0 saturated heterocycles. The van der Waals surface area contributed by atoms with E-state index in [4.69, 9.17) is 10.5 Å². The smallest absolute Gasteiger partial charge is 0.226 e. The zero-order valence-electron chi connectivity index (χ0n) is 10.5. The second-order valence-electron chi connectivity index (χ2n) is 4.06. The molecular weight excluding hydrogens is 258 g/mol. The standard InChI is InChI=1S/C14H13N3OS/c1-2-18-13-11-7-9(10-5-6-19-8-10)3-4-12(11)16-14(15)17-13/h3-8H,2H2,1H3,(H2,15,16,17). The molecule has 0 atom stereocenters. The lowest BCUT2D eigenvalue weighted by Crippen LogP contribution is -2.01. The van der Waals surface area contributed by atoms with E-state index in [-0.39, 0.29) is 5.95 Å². The number of ether oxygens (including phenoxy) is 1. The topological polar surface area (TPSA) is 61.0 Å². The summed E-state index contributed by atoms with van der Waals surface area (Å²) in [4.78, 5) is 8.39. The lowest BCUT2D eigenvalue weighted by Gasteiger charge is -2.08. The van der Waals surface area contributed by atoms with E-state index in [2.05, 4.69) is 26.8 Å². The van der Waals surface area contributed by atoms with Gasteiger partial charge in [-0.15, -0.1) is 0 Å². The van der Waals surface area contributed by atoms with E-state index in [1.165, 1.54) is 5.56 Å². The number of benzene rings is 1. The molecule has 3 rings (SSSR count). The van der Waals surface area contributed by atoms with Crippen LogP contribution in [0, 0.1) is 0 Å². The number of hydrogen-bond donors (Lipinski definition) is 1. The maximum absolute atomic E-state index is 5.69. The van der Waals surface area contributed by atoms with Crippen LogP contribution in [-0.4, -0.2) is 16.6 Å². The van der Waals surface area contributed by atoms with Crippen LogP contribution in [0.5, 0.6) is 5.88 Å². The van der Waals surface area contributed by atoms with Crippen LogP contribution in [0.3, 0.4) is 0 Å². The number of nitrogens with zero attached hydrogens (tertiary/aromatic N) is 2. The fourth-order valence-electron chi connectivity index (χ4n) is 1.97. The SMILES string of the molecule is CCOc1nc(N)nc2ccc(-c3ccsc3)cc12. The molecule has 0 aliphatic carbocycles. The third-order valence-electron chi connectivity index (χ3n) is 2.81. The Kier molecular flexibility index (Phi) is 3.05. The minimum absolute atomic E-state index is 0.235. The van der Waals surface area contributed by atoms with Gasteiger partial charge in [0, 0.05) is 0 Å². The molecule has 0 amide bonds. The van der Waals surface area contributed by atoms with E-state index >= 15 is 0 Å². The summed E-state index contributed by atoms with van der Waals surface area (Å²) in [5, 5.41) is 5.06. The third kappa shape index (κ3) is 2.24. The van der Waals surface area contributed by atoms with Gasteiger partial charge in [-0.25, -0.2) is 4.98 Å². The van der Waals surface area contributed by atoms with Gasteiger partial charge < -0.3 is 10.5 Å². The first-order valence-corrected chi connectivity index (χ1v) is 6.95. The summed E-state index contributed by atoms with van der Waals surface area (Å²) in [5.74, 6) is 0.779. The molecule has 0 fully saturated rings. The van der Waals surface area contributed by atoms with Crippen LogP contribution in [-0.2, 0) is 0 Å². The second-order valence-corrected chi connectivity index (χ2v) is 4.84. The quantitative estimate of drug-likeness (QED) is 0.793. The largest absolute Gasteiger partial charge is 0.477 e. The highest BCUT2D eigenvalue weighted by Crippen LogP contribution is 2.30. The molecule has 4 nitrogen and oxygen atoms in total. The molecular formula is C14H13N3OS. The highest BCUT2D eigenvalue weighted by atomic mass is 32.1. The lowest BCUT2D eigenvalue weighted by molar-refractivity contribution is 0.331. The lowest BCUT2D eigenvalue weighted by atomic mass is 10.1. The Balaban J connectivity index is 2.20. The first kappa shape index (κ1) is 11.9. The Bertz CT molecular complexity index is 710. The summed E-state index contributed by atoms with van der Waals surface area (Å²) in [6.07, 6.45) is 0. The van der Waals surface area contributed by atoms with Crippen LogP contribution in [0.1, 0.15) is 6.92 Å². The number of fused-ring (bicyclic) bond motifs is 1. The van der Waals surface area contributed by atoms with E-state index < -0.39 is 0 Å². The maximum atomic E-state index is 5.69. The van der Waals surface area contributed by atoms with Crippen LogP contribution in [0.15, 0.2) is 35.0 Å². The Labute approximate surface area is 114 Å². The van der Waals surface area contributed by atoms with Crippen molar-refractivity contribution in [3.05, 3.63) is 35.0 Å². The minimum Gasteiger partial charge on any atom is -0.477 e. The van der Waals surface area contributed by atoms with Gasteiger partial charge in [0.15, 0.2) is 0 Å². The Morgan fingerprint density at radius 1 is 1.21 bits per heavy atom. The zero-order chi connectivity index (χ0) is 13.2. The van der Waals surface area contributed by atoms with Crippen molar-refractivity contribution >= 4 is 28.2 Å². The van der Waals surface area contributed by atoms with Crippen LogP contribution in [0.25, 0.3) is 22.0 Å². The van der Waals surface area contributed by atoms with Crippen LogP contribution in [0.4, 0.5) is 5.95 Å². The summed E-state index contributed by atoms with van der Waals surface area (Å²) in [7, 11) is 0. The van der Waals surface area contributed by atoms with Gasteiger partial charge in [0.05, 0.1) is 17.5 Å². The molecule has 96 valence electrons. The van der Waals surface area contributed by atoms with Crippen molar-refractivity contribution in [3.8, 4) is 17.0 Å². The van der Waals surface area contributed by atoms with Crippen molar-refractivity contribution in [1.29, 1.82) is 0 Å². The Morgan fingerprint density at radius 3 is 2.84 bits per heavy atom. The molecule has 0 spiro atoms. The summed E-state index contributed by atoms with van der Waals surface area (Å²) in [5.41, 5.74) is 8.80. The molecule has 0 aliphatic heterocycles. The molecule has 0 unspecified atom stereocenters. The molecule has 1 aromatic carbocycles. The predicted molar refractivity (Wildman–Crippen MR) is 78.4 cm³/mol. The van der Waals surface area contributed by atoms with E-state index in [0.717, 1.165) is 16.5 Å². The number of nitrogen functional groups attached to an aromatic ring is 1. The monoisotopic (exact) mass is 271 g/mol. The minimum atomic E-state index is 0.235. The first-order valence-electron chi connectivity index (χ1n) is 6.00.